The number of hydrogen-bond donors (Lipinski definition) is 2. The highest BCUT2D eigenvalue weighted by Gasteiger charge is 2.13. The molecule has 0 saturated carbocycles. The van der Waals surface area contributed by atoms with E-state index in [2.05, 4.69) is 10.4 Å². The predicted octanol–water partition coefficient (Wildman–Crippen LogP) is 2.99. The third-order valence-electron chi connectivity index (χ3n) is 2.87. The fourth-order valence-corrected chi connectivity index (χ4v) is 1.97. The van der Waals surface area contributed by atoms with Gasteiger partial charge in [0.2, 0.25) is 0 Å². The average Bonchev–Trinajstić information content (AvgIpc) is 2.58. The number of nitro benzene ring substituents is 1. The molecule has 2 rings (SSSR count). The van der Waals surface area contributed by atoms with Crippen LogP contribution in [0.2, 0.25) is 10.0 Å². The van der Waals surface area contributed by atoms with E-state index >= 15 is 0 Å². The summed E-state index contributed by atoms with van der Waals surface area (Å²) in [5, 5.41) is 17.3. The van der Waals surface area contributed by atoms with Crippen LogP contribution in [0.5, 0.6) is 0 Å². The molecule has 128 valence electrons. The second-order valence-corrected chi connectivity index (χ2v) is 5.47. The maximum atomic E-state index is 11.7. The summed E-state index contributed by atoms with van der Waals surface area (Å²) in [5.74, 6) is -1.96. The number of nitro groups is 1. The van der Waals surface area contributed by atoms with Crippen molar-refractivity contribution in [3.05, 3.63) is 68.2 Å². The molecule has 2 aromatic rings. The molecule has 0 heterocycles. The van der Waals surface area contributed by atoms with Crippen molar-refractivity contribution in [3.8, 4) is 0 Å². The molecule has 0 bridgehead atoms. The Morgan fingerprint density at radius 2 is 1.76 bits per heavy atom. The van der Waals surface area contributed by atoms with Crippen LogP contribution in [-0.4, -0.2) is 23.0 Å². The van der Waals surface area contributed by atoms with E-state index < -0.39 is 16.7 Å². The minimum atomic E-state index is -1.02. The maximum Gasteiger partial charge on any atom is 0.329 e. The largest absolute Gasteiger partial charge is 0.329 e. The number of hydrazone groups is 1. The predicted molar refractivity (Wildman–Crippen MR) is 93.9 cm³/mol. The standard InChI is InChI=1S/C15H10Cl2N4O4/c16-10-1-3-11(4-2-10)19-14(22)15(23)20-18-8-9-7-12(21(24)25)5-6-13(9)17/h1-8H,(H,19,22)(H,20,23)/b18-8-. The SMILES string of the molecule is O=C(N/N=C\c1cc([N+](=O)[O-])ccc1Cl)C(=O)Nc1ccc(Cl)cc1. The number of nitrogens with one attached hydrogen (secondary N) is 2. The van der Waals surface area contributed by atoms with Gasteiger partial charge in [-0.2, -0.15) is 5.10 Å². The van der Waals surface area contributed by atoms with E-state index in [0.717, 1.165) is 6.21 Å². The van der Waals surface area contributed by atoms with Crippen molar-refractivity contribution in [2.24, 2.45) is 5.10 Å². The van der Waals surface area contributed by atoms with Gasteiger partial charge in [0.1, 0.15) is 0 Å². The van der Waals surface area contributed by atoms with Crippen molar-refractivity contribution in [1.29, 1.82) is 0 Å². The molecule has 0 aliphatic carbocycles. The monoisotopic (exact) mass is 380 g/mol. The molecule has 0 unspecified atom stereocenters. The van der Waals surface area contributed by atoms with Gasteiger partial charge in [-0.05, 0) is 30.3 Å². The molecule has 10 heteroatoms. The molecule has 2 N–H and O–H groups in total. The van der Waals surface area contributed by atoms with E-state index in [-0.39, 0.29) is 16.3 Å². The van der Waals surface area contributed by atoms with E-state index in [1.165, 1.54) is 30.3 Å². The number of nitrogens with zero attached hydrogens (tertiary/aromatic N) is 2. The Morgan fingerprint density at radius 1 is 1.08 bits per heavy atom. The summed E-state index contributed by atoms with van der Waals surface area (Å²) in [6.07, 6.45) is 1.10. The number of anilines is 1. The fourth-order valence-electron chi connectivity index (χ4n) is 1.68. The van der Waals surface area contributed by atoms with Crippen molar-refractivity contribution >= 4 is 52.6 Å². The second kappa shape index (κ2) is 8.22. The number of amides is 2. The number of halogens is 2. The molecule has 0 atom stereocenters. The lowest BCUT2D eigenvalue weighted by Crippen LogP contribution is -2.32. The Bertz CT molecular complexity index is 853. The van der Waals surface area contributed by atoms with E-state index in [0.29, 0.717) is 10.7 Å². The normalized spacial score (nSPS) is 10.5. The number of hydrogen-bond acceptors (Lipinski definition) is 5. The van der Waals surface area contributed by atoms with Gasteiger partial charge in [0, 0.05) is 33.4 Å². The number of non-ortho nitro benzene ring substituents is 1. The number of carbonyl (C=O) groups is 2. The van der Waals surface area contributed by atoms with Crippen LogP contribution in [0.1, 0.15) is 5.56 Å². The summed E-state index contributed by atoms with van der Waals surface area (Å²) in [5.41, 5.74) is 2.42. The summed E-state index contributed by atoms with van der Waals surface area (Å²) in [4.78, 5) is 33.5. The molecule has 0 fully saturated rings. The molecule has 2 aromatic carbocycles. The van der Waals surface area contributed by atoms with Crippen molar-refractivity contribution in [3.63, 3.8) is 0 Å². The molecule has 0 aromatic heterocycles. The third kappa shape index (κ3) is 5.27. The van der Waals surface area contributed by atoms with Gasteiger partial charge in [-0.25, -0.2) is 5.43 Å². The number of carbonyl (C=O) groups excluding carboxylic acids is 2. The van der Waals surface area contributed by atoms with Crippen LogP contribution in [0.25, 0.3) is 0 Å². The lowest BCUT2D eigenvalue weighted by molar-refractivity contribution is -0.384. The Hall–Kier alpha value is -2.97. The minimum absolute atomic E-state index is 0.183. The number of rotatable bonds is 4. The lowest BCUT2D eigenvalue weighted by Gasteiger charge is -2.03. The van der Waals surface area contributed by atoms with E-state index in [1.54, 1.807) is 12.1 Å². The topological polar surface area (TPSA) is 114 Å². The third-order valence-corrected chi connectivity index (χ3v) is 3.46. The highest BCUT2D eigenvalue weighted by atomic mass is 35.5. The molecule has 0 aliphatic rings. The van der Waals surface area contributed by atoms with Crippen molar-refractivity contribution in [2.75, 3.05) is 5.32 Å². The highest BCUT2D eigenvalue weighted by Crippen LogP contribution is 2.20. The van der Waals surface area contributed by atoms with Crippen LogP contribution in [0.15, 0.2) is 47.6 Å². The van der Waals surface area contributed by atoms with Crippen LogP contribution in [0.4, 0.5) is 11.4 Å². The molecular weight excluding hydrogens is 371 g/mol. The van der Waals surface area contributed by atoms with Gasteiger partial charge < -0.3 is 5.32 Å². The van der Waals surface area contributed by atoms with Crippen LogP contribution < -0.4 is 10.7 Å². The Balaban J connectivity index is 1.98. The minimum Gasteiger partial charge on any atom is -0.318 e. The first-order valence-electron chi connectivity index (χ1n) is 6.70. The molecule has 0 radical (unpaired) electrons. The molecule has 0 spiro atoms. The smallest absolute Gasteiger partial charge is 0.318 e. The van der Waals surface area contributed by atoms with Crippen LogP contribution >= 0.6 is 23.2 Å². The van der Waals surface area contributed by atoms with Gasteiger partial charge in [0.25, 0.3) is 5.69 Å². The molecule has 2 amide bonds. The van der Waals surface area contributed by atoms with Crippen LogP contribution in [0, 0.1) is 10.1 Å². The summed E-state index contributed by atoms with van der Waals surface area (Å²) >= 11 is 11.6. The fraction of sp³-hybridized carbons (Fsp3) is 0. The van der Waals surface area contributed by atoms with Gasteiger partial charge in [0.15, 0.2) is 0 Å². The van der Waals surface area contributed by atoms with E-state index in [9.17, 15) is 19.7 Å². The molecule has 0 saturated heterocycles. The van der Waals surface area contributed by atoms with Gasteiger partial charge in [-0.15, -0.1) is 0 Å². The van der Waals surface area contributed by atoms with Gasteiger partial charge in [0.05, 0.1) is 11.1 Å². The zero-order valence-corrected chi connectivity index (χ0v) is 13.9. The van der Waals surface area contributed by atoms with E-state index in [1.807, 2.05) is 5.43 Å². The van der Waals surface area contributed by atoms with Crippen molar-refractivity contribution in [2.45, 2.75) is 0 Å². The van der Waals surface area contributed by atoms with Crippen molar-refractivity contribution in [1.82, 2.24) is 5.43 Å². The number of benzene rings is 2. The zero-order chi connectivity index (χ0) is 18.4. The Kier molecular flexibility index (Phi) is 6.04. The van der Waals surface area contributed by atoms with Crippen LogP contribution in [0.3, 0.4) is 0 Å². The van der Waals surface area contributed by atoms with Crippen LogP contribution in [-0.2, 0) is 9.59 Å². The molecule has 0 aliphatic heterocycles. The zero-order valence-electron chi connectivity index (χ0n) is 12.4. The van der Waals surface area contributed by atoms with Crippen molar-refractivity contribution < 1.29 is 14.5 Å². The van der Waals surface area contributed by atoms with Gasteiger partial charge in [-0.3, -0.25) is 19.7 Å². The summed E-state index contributed by atoms with van der Waals surface area (Å²) < 4.78 is 0. The highest BCUT2D eigenvalue weighted by molar-refractivity contribution is 6.39. The first kappa shape index (κ1) is 18.4. The van der Waals surface area contributed by atoms with Gasteiger partial charge in [-0.1, -0.05) is 23.2 Å². The van der Waals surface area contributed by atoms with Gasteiger partial charge >= 0.3 is 11.8 Å². The Morgan fingerprint density at radius 3 is 2.40 bits per heavy atom. The molecule has 25 heavy (non-hydrogen) atoms. The summed E-state index contributed by atoms with van der Waals surface area (Å²) in [7, 11) is 0. The Labute approximate surface area is 151 Å². The molecule has 8 nitrogen and oxygen atoms in total. The average molecular weight is 381 g/mol. The first-order chi connectivity index (χ1) is 11.9. The lowest BCUT2D eigenvalue weighted by atomic mass is 10.2. The quantitative estimate of drug-likeness (QED) is 0.367. The summed E-state index contributed by atoms with van der Waals surface area (Å²) in [6.45, 7) is 0. The summed E-state index contributed by atoms with van der Waals surface area (Å²) in [6, 6.07) is 9.91. The van der Waals surface area contributed by atoms with E-state index in [4.69, 9.17) is 23.2 Å². The first-order valence-corrected chi connectivity index (χ1v) is 7.46. The molecular formula is C15H10Cl2N4O4. The maximum absolute atomic E-state index is 11.7. The second-order valence-electron chi connectivity index (χ2n) is 4.62.